The highest BCUT2D eigenvalue weighted by Gasteiger charge is 2.49. The molecule has 0 aromatic heterocycles. The van der Waals surface area contributed by atoms with Gasteiger partial charge in [0.05, 0.1) is 17.3 Å². The van der Waals surface area contributed by atoms with Gasteiger partial charge in [0, 0.05) is 12.6 Å². The molecule has 2 heterocycles. The van der Waals surface area contributed by atoms with E-state index >= 15 is 0 Å². The van der Waals surface area contributed by atoms with Gasteiger partial charge in [-0.1, -0.05) is 0 Å². The molecule has 3 fully saturated rings. The van der Waals surface area contributed by atoms with E-state index in [9.17, 15) is 21.6 Å². The fraction of sp³-hybridized carbons (Fsp3) is 0.833. The zero-order valence-electron chi connectivity index (χ0n) is 13.7. The van der Waals surface area contributed by atoms with Gasteiger partial charge in [-0.05, 0) is 32.1 Å². The first-order valence-electron chi connectivity index (χ1n) is 8.10. The molecule has 148 valence electrons. The second-order valence-corrected chi connectivity index (χ2v) is 9.73. The molecule has 2 aliphatic heterocycles. The van der Waals surface area contributed by atoms with E-state index in [0.717, 1.165) is 4.90 Å². The minimum absolute atomic E-state index is 0.0669. The molecule has 0 aromatic rings. The summed E-state index contributed by atoms with van der Waals surface area (Å²) in [6.45, 7) is 0.0669. The Bertz CT molecular complexity index is 814. The number of sulfonamides is 1. The number of amides is 2. The van der Waals surface area contributed by atoms with Crippen molar-refractivity contribution >= 4 is 32.3 Å². The maximum atomic E-state index is 12.4. The maximum absolute atomic E-state index is 12.4. The summed E-state index contributed by atoms with van der Waals surface area (Å²) in [5.74, 6) is -0.356. The van der Waals surface area contributed by atoms with Crippen LogP contribution in [0.25, 0.3) is 0 Å². The summed E-state index contributed by atoms with van der Waals surface area (Å²) in [5, 5.41) is 7.97. The number of nitrogens with two attached hydrogens (primary N) is 1. The van der Waals surface area contributed by atoms with E-state index in [2.05, 4.69) is 9.01 Å². The third kappa shape index (κ3) is 3.78. The lowest BCUT2D eigenvalue weighted by molar-refractivity contribution is -0.0316. The van der Waals surface area contributed by atoms with Gasteiger partial charge < -0.3 is 10.6 Å². The molecule has 2 saturated heterocycles. The smallest absolute Gasteiger partial charge is 0.328 e. The molecule has 4 atom stereocenters. The quantitative estimate of drug-likeness (QED) is 0.246. The minimum Gasteiger partial charge on any atom is -0.328 e. The number of hydrogen-bond donors (Lipinski definition) is 4. The van der Waals surface area contributed by atoms with Crippen molar-refractivity contribution < 1.29 is 30.5 Å². The molecule has 0 aromatic carbocycles. The van der Waals surface area contributed by atoms with Gasteiger partial charge in [-0.25, -0.2) is 13.2 Å². The second-order valence-electron chi connectivity index (χ2n) is 6.77. The lowest BCUT2D eigenvalue weighted by atomic mass is 10.0. The second kappa shape index (κ2) is 6.60. The van der Waals surface area contributed by atoms with E-state index < -0.39 is 43.8 Å². The number of fused-ring (bicyclic) bond motifs is 2. The maximum Gasteiger partial charge on any atom is 0.418 e. The first-order chi connectivity index (χ1) is 12.0. The first kappa shape index (κ1) is 19.3. The van der Waals surface area contributed by atoms with E-state index in [0.29, 0.717) is 30.7 Å². The van der Waals surface area contributed by atoms with E-state index in [-0.39, 0.29) is 24.8 Å². The van der Waals surface area contributed by atoms with E-state index in [1.165, 1.54) is 0 Å². The van der Waals surface area contributed by atoms with E-state index in [1.807, 2.05) is 0 Å². The van der Waals surface area contributed by atoms with Crippen LogP contribution in [0.15, 0.2) is 0 Å². The largest absolute Gasteiger partial charge is 0.418 e. The molecule has 0 spiro atoms. The van der Waals surface area contributed by atoms with Crippen molar-refractivity contribution in [2.24, 2.45) is 5.73 Å². The van der Waals surface area contributed by atoms with Gasteiger partial charge in [-0.15, -0.1) is 4.28 Å². The standard InChI is InChI=1S/C12H21N5O7S2/c13-7-1-3-9(5-7)25(19,20)15-11(14)10-4-2-8-6-16(10)12(18)17(8)24-26(21,22)23/h7-10H,1-6,13H2,(H2,14,15)(H,21,22,23)/t7?,8-,9?,10+/m1/s1. The van der Waals surface area contributed by atoms with E-state index in [4.69, 9.17) is 15.7 Å². The van der Waals surface area contributed by atoms with Gasteiger partial charge >= 0.3 is 16.4 Å². The number of hydrogen-bond acceptors (Lipinski definition) is 8. The minimum atomic E-state index is -4.86. The molecule has 26 heavy (non-hydrogen) atoms. The molecule has 3 rings (SSSR count). The Kier molecular flexibility index (Phi) is 4.89. The third-order valence-electron chi connectivity index (χ3n) is 4.95. The van der Waals surface area contributed by atoms with Crippen molar-refractivity contribution in [2.75, 3.05) is 6.54 Å². The molecule has 2 unspecified atom stereocenters. The number of rotatable bonds is 5. The molecule has 2 amide bonds. The molecule has 14 heteroatoms. The van der Waals surface area contributed by atoms with Crippen LogP contribution in [0.3, 0.4) is 0 Å². The van der Waals surface area contributed by atoms with Crippen LogP contribution < -0.4 is 10.5 Å². The molecule has 5 N–H and O–H groups in total. The lowest BCUT2D eigenvalue weighted by Gasteiger charge is -2.31. The van der Waals surface area contributed by atoms with Crippen molar-refractivity contribution in [2.45, 2.75) is 55.5 Å². The van der Waals surface area contributed by atoms with Gasteiger partial charge in [0.2, 0.25) is 10.0 Å². The van der Waals surface area contributed by atoms with Crippen molar-refractivity contribution in [1.82, 2.24) is 14.7 Å². The fourth-order valence-electron chi connectivity index (χ4n) is 3.69. The number of nitrogens with zero attached hydrogens (tertiary/aromatic N) is 2. The van der Waals surface area contributed by atoms with Gasteiger partial charge in [0.25, 0.3) is 0 Å². The Labute approximate surface area is 151 Å². The van der Waals surface area contributed by atoms with Gasteiger partial charge in [-0.2, -0.15) is 13.5 Å². The summed E-state index contributed by atoms with van der Waals surface area (Å²) in [5.41, 5.74) is 5.74. The van der Waals surface area contributed by atoms with Crippen molar-refractivity contribution in [1.29, 1.82) is 5.41 Å². The summed E-state index contributed by atoms with van der Waals surface area (Å²) in [6, 6.07) is -2.48. The highest BCUT2D eigenvalue weighted by Crippen LogP contribution is 2.31. The highest BCUT2D eigenvalue weighted by atomic mass is 32.3. The molecule has 12 nitrogen and oxygen atoms in total. The zero-order chi connectivity index (χ0) is 19.3. The third-order valence-corrected chi connectivity index (χ3v) is 7.11. The van der Waals surface area contributed by atoms with Crippen molar-refractivity contribution in [3.8, 4) is 0 Å². The Balaban J connectivity index is 1.69. The van der Waals surface area contributed by atoms with Crippen LogP contribution in [0, 0.1) is 5.41 Å². The number of hydroxylamine groups is 2. The zero-order valence-corrected chi connectivity index (χ0v) is 15.4. The van der Waals surface area contributed by atoms with E-state index in [1.54, 1.807) is 0 Å². The molecule has 3 aliphatic rings. The van der Waals surface area contributed by atoms with Crippen LogP contribution in [-0.2, 0) is 24.7 Å². The Hall–Kier alpha value is -1.48. The SMILES string of the molecule is N=C(NS(=O)(=O)C1CCC(N)C1)[C@@H]1CC[C@@H]2CN1C(=O)N2OS(=O)(=O)O. The number of carbonyl (C=O) groups excluding carboxylic acids is 1. The van der Waals surface area contributed by atoms with Crippen LogP contribution in [0.5, 0.6) is 0 Å². The van der Waals surface area contributed by atoms with Gasteiger partial charge in [-0.3, -0.25) is 14.7 Å². The lowest BCUT2D eigenvalue weighted by Crippen LogP contribution is -2.52. The molecule has 1 saturated carbocycles. The Morgan fingerprint density at radius 1 is 1.23 bits per heavy atom. The van der Waals surface area contributed by atoms with Crippen LogP contribution in [-0.4, -0.2) is 73.1 Å². The summed E-state index contributed by atoms with van der Waals surface area (Å²) in [4.78, 5) is 13.5. The van der Waals surface area contributed by atoms with Crippen LogP contribution >= 0.6 is 0 Å². The molecule has 0 radical (unpaired) electrons. The Morgan fingerprint density at radius 3 is 2.50 bits per heavy atom. The number of nitrogens with one attached hydrogen (secondary N) is 2. The highest BCUT2D eigenvalue weighted by molar-refractivity contribution is 7.90. The monoisotopic (exact) mass is 411 g/mol. The number of urea groups is 1. The predicted octanol–water partition coefficient (Wildman–Crippen LogP) is -1.23. The normalized spacial score (nSPS) is 32.2. The molecule has 2 bridgehead atoms. The van der Waals surface area contributed by atoms with Crippen LogP contribution in [0.2, 0.25) is 0 Å². The summed E-state index contributed by atoms with van der Waals surface area (Å²) in [7, 11) is -8.65. The topological polar surface area (TPSA) is 183 Å². The van der Waals surface area contributed by atoms with Crippen LogP contribution in [0.1, 0.15) is 32.1 Å². The molecular formula is C12H21N5O7S2. The first-order valence-corrected chi connectivity index (χ1v) is 11.0. The van der Waals surface area contributed by atoms with Gasteiger partial charge in [0.1, 0.15) is 5.84 Å². The summed E-state index contributed by atoms with van der Waals surface area (Å²) in [6.07, 6.45) is 1.87. The number of piperidine rings is 1. The predicted molar refractivity (Wildman–Crippen MR) is 88.8 cm³/mol. The molecule has 1 aliphatic carbocycles. The van der Waals surface area contributed by atoms with Crippen LogP contribution in [0.4, 0.5) is 4.79 Å². The number of carbonyl (C=O) groups is 1. The summed E-state index contributed by atoms with van der Waals surface area (Å²) >= 11 is 0. The Morgan fingerprint density at radius 2 is 1.92 bits per heavy atom. The van der Waals surface area contributed by atoms with Crippen molar-refractivity contribution in [3.05, 3.63) is 0 Å². The fourth-order valence-corrected chi connectivity index (χ4v) is 5.64. The van der Waals surface area contributed by atoms with Crippen molar-refractivity contribution in [3.63, 3.8) is 0 Å². The average molecular weight is 411 g/mol. The summed E-state index contributed by atoms with van der Waals surface area (Å²) < 4.78 is 61.9. The number of amidine groups is 1. The average Bonchev–Trinajstić information content (AvgIpc) is 3.05. The van der Waals surface area contributed by atoms with Gasteiger partial charge in [0.15, 0.2) is 0 Å². The molecular weight excluding hydrogens is 390 g/mol.